The number of rotatable bonds is 4. The number of hydrogen-bond acceptors (Lipinski definition) is 4. The number of likely N-dealkylation sites (tertiary alicyclic amines) is 1. The van der Waals surface area contributed by atoms with Crippen molar-refractivity contribution in [1.29, 1.82) is 5.26 Å². The number of pyridine rings is 1. The number of aromatic nitrogens is 1. The van der Waals surface area contributed by atoms with Crippen molar-refractivity contribution in [2.45, 2.75) is 25.7 Å². The predicted octanol–water partition coefficient (Wildman–Crippen LogP) is 3.39. The number of benzene rings is 1. The smallest absolute Gasteiger partial charge is 0.143 e. The molecule has 1 N–H and O–H groups in total. The Bertz CT molecular complexity index is 666. The third-order valence-electron chi connectivity index (χ3n) is 4.27. The average molecular weight is 294 g/mol. The quantitative estimate of drug-likeness (QED) is 0.939. The Balaban J connectivity index is 1.69. The Hall–Kier alpha value is -2.12. The van der Waals surface area contributed by atoms with Gasteiger partial charge in [0.15, 0.2) is 0 Å². The molecule has 4 heteroatoms. The molecule has 2 heterocycles. The van der Waals surface area contributed by atoms with Crippen molar-refractivity contribution < 1.29 is 0 Å². The topological polar surface area (TPSA) is 52.0 Å². The lowest BCUT2D eigenvalue weighted by Gasteiger charge is -2.20. The van der Waals surface area contributed by atoms with E-state index >= 15 is 0 Å². The van der Waals surface area contributed by atoms with Gasteiger partial charge in [0.1, 0.15) is 11.8 Å². The van der Waals surface area contributed by atoms with Crippen molar-refractivity contribution in [2.75, 3.05) is 31.5 Å². The molecule has 0 spiro atoms. The van der Waals surface area contributed by atoms with Crippen molar-refractivity contribution in [2.24, 2.45) is 0 Å². The van der Waals surface area contributed by atoms with Crippen LogP contribution in [0.25, 0.3) is 10.9 Å². The van der Waals surface area contributed by atoms with Gasteiger partial charge >= 0.3 is 0 Å². The van der Waals surface area contributed by atoms with Gasteiger partial charge in [-0.25, -0.2) is 4.98 Å². The van der Waals surface area contributed by atoms with E-state index in [0.717, 1.165) is 29.7 Å². The van der Waals surface area contributed by atoms with Crippen LogP contribution in [-0.2, 0) is 0 Å². The molecule has 1 aromatic heterocycles. The van der Waals surface area contributed by atoms with Gasteiger partial charge in [0, 0.05) is 24.2 Å². The monoisotopic (exact) mass is 294 g/mol. The van der Waals surface area contributed by atoms with E-state index < -0.39 is 0 Å². The lowest BCUT2D eigenvalue weighted by atomic mass is 10.1. The number of nitrogens with one attached hydrogen (secondary N) is 1. The summed E-state index contributed by atoms with van der Waals surface area (Å²) in [5.41, 5.74) is 2.35. The van der Waals surface area contributed by atoms with E-state index in [2.05, 4.69) is 27.3 Å². The molecule has 0 bridgehead atoms. The van der Waals surface area contributed by atoms with Crippen LogP contribution in [0.2, 0.25) is 0 Å². The lowest BCUT2D eigenvalue weighted by molar-refractivity contribution is 0.296. The number of nitrogens with zero attached hydrogens (tertiary/aromatic N) is 3. The van der Waals surface area contributed by atoms with Gasteiger partial charge in [-0.05, 0) is 38.1 Å². The molecule has 4 nitrogen and oxygen atoms in total. The molecule has 22 heavy (non-hydrogen) atoms. The van der Waals surface area contributed by atoms with E-state index in [1.807, 2.05) is 24.3 Å². The van der Waals surface area contributed by atoms with Gasteiger partial charge in [-0.2, -0.15) is 5.26 Å². The molecular formula is C18H22N4. The van der Waals surface area contributed by atoms with Crippen molar-refractivity contribution in [3.63, 3.8) is 0 Å². The summed E-state index contributed by atoms with van der Waals surface area (Å²) in [7, 11) is 0. The van der Waals surface area contributed by atoms with Crippen molar-refractivity contribution in [3.05, 3.63) is 36.0 Å². The van der Waals surface area contributed by atoms with Gasteiger partial charge in [0.25, 0.3) is 0 Å². The largest absolute Gasteiger partial charge is 0.383 e. The summed E-state index contributed by atoms with van der Waals surface area (Å²) in [4.78, 5) is 6.89. The van der Waals surface area contributed by atoms with E-state index in [4.69, 9.17) is 5.26 Å². The summed E-state index contributed by atoms with van der Waals surface area (Å²) < 4.78 is 0. The van der Waals surface area contributed by atoms with Crippen LogP contribution in [0.3, 0.4) is 0 Å². The highest BCUT2D eigenvalue weighted by Crippen LogP contribution is 2.22. The van der Waals surface area contributed by atoms with Crippen molar-refractivity contribution in [3.8, 4) is 6.07 Å². The van der Waals surface area contributed by atoms with Crippen LogP contribution in [-0.4, -0.2) is 36.1 Å². The summed E-state index contributed by atoms with van der Waals surface area (Å²) in [6.45, 7) is 4.38. The third-order valence-corrected chi connectivity index (χ3v) is 4.27. The fourth-order valence-corrected chi connectivity index (χ4v) is 3.09. The first-order chi connectivity index (χ1) is 10.9. The molecule has 1 fully saturated rings. The zero-order valence-corrected chi connectivity index (χ0v) is 12.9. The molecule has 1 aliphatic rings. The summed E-state index contributed by atoms with van der Waals surface area (Å²) in [6.07, 6.45) is 5.36. The minimum Gasteiger partial charge on any atom is -0.383 e. The van der Waals surface area contributed by atoms with Crippen LogP contribution < -0.4 is 5.32 Å². The predicted molar refractivity (Wildman–Crippen MR) is 89.9 cm³/mol. The van der Waals surface area contributed by atoms with E-state index in [1.54, 1.807) is 0 Å². The zero-order chi connectivity index (χ0) is 15.2. The van der Waals surface area contributed by atoms with Crippen LogP contribution in [0, 0.1) is 11.3 Å². The third kappa shape index (κ3) is 3.55. The Labute approximate surface area is 131 Å². The van der Waals surface area contributed by atoms with E-state index in [0.29, 0.717) is 5.69 Å². The molecule has 114 valence electrons. The van der Waals surface area contributed by atoms with Crippen LogP contribution in [0.5, 0.6) is 0 Å². The fourth-order valence-electron chi connectivity index (χ4n) is 3.09. The van der Waals surface area contributed by atoms with E-state index in [1.165, 1.54) is 38.8 Å². The summed E-state index contributed by atoms with van der Waals surface area (Å²) in [6, 6.07) is 12.0. The highest BCUT2D eigenvalue weighted by Gasteiger charge is 2.09. The molecule has 1 aromatic carbocycles. The Morgan fingerprint density at radius 1 is 1.14 bits per heavy atom. The summed E-state index contributed by atoms with van der Waals surface area (Å²) in [5.74, 6) is 0. The maximum absolute atomic E-state index is 9.13. The molecule has 0 unspecified atom stereocenters. The Morgan fingerprint density at radius 2 is 1.91 bits per heavy atom. The molecule has 0 saturated carbocycles. The molecule has 0 amide bonds. The highest BCUT2D eigenvalue weighted by atomic mass is 15.1. The van der Waals surface area contributed by atoms with Gasteiger partial charge in [-0.15, -0.1) is 0 Å². The second kappa shape index (κ2) is 7.24. The van der Waals surface area contributed by atoms with E-state index in [-0.39, 0.29) is 0 Å². The van der Waals surface area contributed by atoms with Crippen LogP contribution in [0.1, 0.15) is 31.4 Å². The second-order valence-electron chi connectivity index (χ2n) is 5.87. The van der Waals surface area contributed by atoms with Gasteiger partial charge in [0.05, 0.1) is 5.52 Å². The molecule has 0 aliphatic carbocycles. The first-order valence-electron chi connectivity index (χ1n) is 8.13. The summed E-state index contributed by atoms with van der Waals surface area (Å²) >= 11 is 0. The number of anilines is 1. The number of fused-ring (bicyclic) bond motifs is 1. The van der Waals surface area contributed by atoms with Gasteiger partial charge < -0.3 is 10.2 Å². The maximum atomic E-state index is 9.13. The molecule has 0 radical (unpaired) electrons. The highest BCUT2D eigenvalue weighted by molar-refractivity contribution is 5.91. The fraction of sp³-hybridized carbons (Fsp3) is 0.444. The van der Waals surface area contributed by atoms with Gasteiger partial charge in [-0.1, -0.05) is 31.0 Å². The molecule has 2 aromatic rings. The number of para-hydroxylation sites is 1. The average Bonchev–Trinajstić information content (AvgIpc) is 2.83. The molecule has 1 aliphatic heterocycles. The molecule has 3 rings (SSSR count). The molecule has 0 atom stereocenters. The normalized spacial score (nSPS) is 16.1. The maximum Gasteiger partial charge on any atom is 0.143 e. The van der Waals surface area contributed by atoms with Crippen molar-refractivity contribution >= 4 is 16.6 Å². The lowest BCUT2D eigenvalue weighted by Crippen LogP contribution is -2.30. The first kappa shape index (κ1) is 14.8. The zero-order valence-electron chi connectivity index (χ0n) is 12.9. The van der Waals surface area contributed by atoms with Crippen molar-refractivity contribution in [1.82, 2.24) is 9.88 Å². The summed E-state index contributed by atoms with van der Waals surface area (Å²) in [5, 5.41) is 13.7. The van der Waals surface area contributed by atoms with E-state index in [9.17, 15) is 0 Å². The Morgan fingerprint density at radius 3 is 2.68 bits per heavy atom. The van der Waals surface area contributed by atoms with Crippen LogP contribution in [0.15, 0.2) is 30.3 Å². The minimum absolute atomic E-state index is 0.468. The Kier molecular flexibility index (Phi) is 4.87. The first-order valence-corrected chi connectivity index (χ1v) is 8.13. The SMILES string of the molecule is N#Cc1cc(NCCN2CCCCCC2)c2ccccc2n1. The van der Waals surface area contributed by atoms with Gasteiger partial charge in [-0.3, -0.25) is 0 Å². The van der Waals surface area contributed by atoms with Crippen LogP contribution >= 0.6 is 0 Å². The number of hydrogen-bond donors (Lipinski definition) is 1. The van der Waals surface area contributed by atoms with Crippen LogP contribution in [0.4, 0.5) is 5.69 Å². The minimum atomic E-state index is 0.468. The standard InChI is InChI=1S/C18H22N4/c19-14-15-13-18(16-7-3-4-8-17(16)21-15)20-9-12-22-10-5-1-2-6-11-22/h3-4,7-8,13H,1-2,5-6,9-12H2,(H,20,21). The molecule has 1 saturated heterocycles. The van der Waals surface area contributed by atoms with Gasteiger partial charge in [0.2, 0.25) is 0 Å². The number of nitriles is 1. The molecular weight excluding hydrogens is 272 g/mol. The second-order valence-corrected chi connectivity index (χ2v) is 5.87.